The standard InChI is InChI=1S/3C19H14O.4C19H14S/c1-13-9-11-14(12-10-13)15-6-4-7-17-16-5-2-3-8-18(16)20-19(15)17;1-13-6-8-14(9-7-13)15-10-11-19-17(12-15)16-4-2-3-5-18(16)20-19;1-13-6-8-14(9-7-13)15-10-11-17-16-4-2-3-5-18(16)20-19(17)12-15;1-13-9-11-14(12-10-13)15-6-4-7-17-16-5-2-3-8-18(16)20-19(15)17;1-13-9-11-14(12-10-13)15-6-4-8-18-19(15)16-5-2-3-7-17(16)20-18;1-13-6-8-14(9-7-13)15-10-11-19-17(12-15)16-4-2-3-5-18(16)20-19;1-13-6-8-14(9-7-13)15-10-11-17-16-4-2-3-5-18(16)20-19(17)12-15/h7*2-12H,1H3. The molecule has 0 amide bonds. The largest absolute Gasteiger partial charge is 0.456 e. The van der Waals surface area contributed by atoms with Crippen LogP contribution < -0.4 is 0 Å². The fourth-order valence-electron chi connectivity index (χ4n) is 18.8. The molecular weight excluding hydrogens is 1770 g/mol. The first-order chi connectivity index (χ1) is 68.7. The number of rotatable bonds is 7. The molecule has 28 aromatic rings. The Kier molecular flexibility index (Phi) is 25.2. The van der Waals surface area contributed by atoms with Crippen LogP contribution in [0.25, 0.3) is 224 Å². The summed E-state index contributed by atoms with van der Waals surface area (Å²) in [5, 5.41) is 18.0. The number of hydrogen-bond acceptors (Lipinski definition) is 7. The topological polar surface area (TPSA) is 39.4 Å². The Labute approximate surface area is 830 Å². The molecule has 0 atom stereocenters. The average molecular weight is 1870 g/mol. The van der Waals surface area contributed by atoms with Gasteiger partial charge in [0.2, 0.25) is 0 Å². The van der Waals surface area contributed by atoms with E-state index in [2.05, 4.69) is 473 Å². The maximum absolute atomic E-state index is 6.07. The highest BCUT2D eigenvalue weighted by Gasteiger charge is 2.18. The van der Waals surface area contributed by atoms with E-state index in [1.807, 2.05) is 87.8 Å². The van der Waals surface area contributed by atoms with E-state index >= 15 is 0 Å². The SMILES string of the molecule is Cc1ccc(-c2ccc3c(c2)oc2ccccc23)cc1.Cc1ccc(-c2ccc3c(c2)sc2ccccc23)cc1.Cc1ccc(-c2ccc3oc4ccccc4c3c2)cc1.Cc1ccc(-c2ccc3sc4ccccc4c3c2)cc1.Cc1ccc(-c2cccc3c2oc2ccccc23)cc1.Cc1ccc(-c2cccc3c2sc2ccccc23)cc1.Cc1ccc(-c2cccc3sc4ccccc4c23)cc1. The van der Waals surface area contributed by atoms with Crippen LogP contribution in [0.5, 0.6) is 0 Å². The highest BCUT2D eigenvalue weighted by atomic mass is 32.1. The molecule has 140 heavy (non-hydrogen) atoms. The lowest BCUT2D eigenvalue weighted by molar-refractivity contribution is 0.668. The molecule has 672 valence electrons. The highest BCUT2D eigenvalue weighted by molar-refractivity contribution is 7.27. The third kappa shape index (κ3) is 18.7. The molecule has 7 heterocycles. The van der Waals surface area contributed by atoms with Crippen LogP contribution in [0.15, 0.2) is 480 Å². The van der Waals surface area contributed by atoms with Crippen molar-refractivity contribution in [1.82, 2.24) is 0 Å². The molecule has 0 aliphatic carbocycles. The monoisotopic (exact) mass is 1870 g/mol. The summed E-state index contributed by atoms with van der Waals surface area (Å²) in [6.07, 6.45) is 0. The average Bonchev–Trinajstić information content (AvgIpc) is 1.64. The fraction of sp³-hybridized carbons (Fsp3) is 0.0526. The van der Waals surface area contributed by atoms with Gasteiger partial charge >= 0.3 is 0 Å². The number of para-hydroxylation sites is 4. The lowest BCUT2D eigenvalue weighted by atomic mass is 9.99. The van der Waals surface area contributed by atoms with Crippen LogP contribution in [-0.4, -0.2) is 0 Å². The number of hydrogen-bond donors (Lipinski definition) is 0. The molecule has 7 aromatic heterocycles. The Morgan fingerprint density at radius 1 is 0.143 bits per heavy atom. The van der Waals surface area contributed by atoms with Crippen molar-refractivity contribution >= 4 is 192 Å². The van der Waals surface area contributed by atoms with Gasteiger partial charge in [0.05, 0.1) is 0 Å². The minimum absolute atomic E-state index is 0.946. The maximum Gasteiger partial charge on any atom is 0.143 e. The third-order valence-electron chi connectivity index (χ3n) is 26.3. The van der Waals surface area contributed by atoms with Gasteiger partial charge in [-0.1, -0.05) is 415 Å². The van der Waals surface area contributed by atoms with Gasteiger partial charge in [-0.15, -0.1) is 45.3 Å². The first-order valence-corrected chi connectivity index (χ1v) is 50.8. The van der Waals surface area contributed by atoms with Crippen LogP contribution >= 0.6 is 45.3 Å². The molecular formula is C133H98O3S4. The normalized spacial score (nSPS) is 11.2. The predicted molar refractivity (Wildman–Crippen MR) is 610 cm³/mol. The first-order valence-electron chi connectivity index (χ1n) is 47.6. The molecule has 0 aliphatic rings. The van der Waals surface area contributed by atoms with Gasteiger partial charge in [-0.2, -0.15) is 0 Å². The second-order valence-corrected chi connectivity index (χ2v) is 40.4. The van der Waals surface area contributed by atoms with E-state index in [4.69, 9.17) is 13.3 Å². The lowest BCUT2D eigenvalue weighted by Gasteiger charge is -2.05. The third-order valence-corrected chi connectivity index (χ3v) is 31.0. The zero-order chi connectivity index (χ0) is 94.7. The van der Waals surface area contributed by atoms with E-state index in [1.54, 1.807) is 0 Å². The Hall–Kier alpha value is -16.1. The smallest absolute Gasteiger partial charge is 0.143 e. The van der Waals surface area contributed by atoms with Gasteiger partial charge in [-0.3, -0.25) is 0 Å². The van der Waals surface area contributed by atoms with Gasteiger partial charge < -0.3 is 13.3 Å². The molecule has 0 fully saturated rings. The van der Waals surface area contributed by atoms with Crippen molar-refractivity contribution < 1.29 is 13.3 Å². The minimum Gasteiger partial charge on any atom is -0.456 e. The van der Waals surface area contributed by atoms with E-state index in [-0.39, 0.29) is 0 Å². The quantitative estimate of drug-likeness (QED) is 0.160. The zero-order valence-corrected chi connectivity index (χ0v) is 82.1. The van der Waals surface area contributed by atoms with Gasteiger partial charge in [0.25, 0.3) is 0 Å². The van der Waals surface area contributed by atoms with Crippen molar-refractivity contribution in [3.63, 3.8) is 0 Å². The second kappa shape index (κ2) is 39.5. The molecule has 0 spiro atoms. The van der Waals surface area contributed by atoms with Crippen LogP contribution in [0, 0.1) is 48.5 Å². The lowest BCUT2D eigenvalue weighted by Crippen LogP contribution is -1.80. The zero-order valence-electron chi connectivity index (χ0n) is 78.8. The Morgan fingerprint density at radius 3 is 0.957 bits per heavy atom. The van der Waals surface area contributed by atoms with Crippen molar-refractivity contribution in [3.05, 3.63) is 506 Å². The molecule has 0 aliphatic heterocycles. The summed E-state index contributed by atoms with van der Waals surface area (Å²) in [5.41, 5.74) is 32.4. The van der Waals surface area contributed by atoms with Gasteiger partial charge in [0.15, 0.2) is 0 Å². The van der Waals surface area contributed by atoms with Crippen LogP contribution in [0.2, 0.25) is 0 Å². The number of furan rings is 3. The maximum atomic E-state index is 6.07. The molecule has 7 heteroatoms. The molecule has 21 aromatic carbocycles. The van der Waals surface area contributed by atoms with Crippen molar-refractivity contribution in [2.45, 2.75) is 48.5 Å². The van der Waals surface area contributed by atoms with Crippen molar-refractivity contribution in [3.8, 4) is 77.9 Å². The Balaban J connectivity index is 0.0000000939. The van der Waals surface area contributed by atoms with E-state index in [9.17, 15) is 0 Å². The molecule has 0 radical (unpaired) electrons. The number of benzene rings is 21. The van der Waals surface area contributed by atoms with Gasteiger partial charge in [-0.05, 0) is 212 Å². The number of aryl methyl sites for hydroxylation is 7. The summed E-state index contributed by atoms with van der Waals surface area (Å²) < 4.78 is 28.8. The molecule has 0 N–H and O–H groups in total. The predicted octanol–water partition coefficient (Wildman–Crippen LogP) is 40.8. The summed E-state index contributed by atoms with van der Waals surface area (Å²) in [4.78, 5) is 0. The van der Waals surface area contributed by atoms with E-state index < -0.39 is 0 Å². The molecule has 0 bridgehead atoms. The van der Waals surface area contributed by atoms with Gasteiger partial charge in [-0.25, -0.2) is 0 Å². The highest BCUT2D eigenvalue weighted by Crippen LogP contribution is 2.45. The van der Waals surface area contributed by atoms with Gasteiger partial charge in [0, 0.05) is 119 Å². The molecule has 28 rings (SSSR count). The minimum atomic E-state index is 0.946. The van der Waals surface area contributed by atoms with Crippen molar-refractivity contribution in [2.75, 3.05) is 0 Å². The van der Waals surface area contributed by atoms with Crippen LogP contribution in [0.1, 0.15) is 38.9 Å². The Bertz CT molecular complexity index is 8830. The van der Waals surface area contributed by atoms with Crippen LogP contribution in [-0.2, 0) is 0 Å². The van der Waals surface area contributed by atoms with E-state index in [1.165, 1.54) is 224 Å². The van der Waals surface area contributed by atoms with Gasteiger partial charge in [0.1, 0.15) is 33.5 Å². The summed E-state index contributed by atoms with van der Waals surface area (Å²) in [6, 6.07) is 166. The number of fused-ring (bicyclic) bond motifs is 21. The van der Waals surface area contributed by atoms with E-state index in [0.29, 0.717) is 0 Å². The van der Waals surface area contributed by atoms with Crippen molar-refractivity contribution in [2.24, 2.45) is 0 Å². The van der Waals surface area contributed by atoms with Crippen molar-refractivity contribution in [1.29, 1.82) is 0 Å². The molecule has 0 saturated heterocycles. The Morgan fingerprint density at radius 2 is 0.429 bits per heavy atom. The summed E-state index contributed by atoms with van der Waals surface area (Å²) in [5.74, 6) is 0. The fourth-order valence-corrected chi connectivity index (χ4v) is 23.4. The molecule has 0 saturated carbocycles. The summed E-state index contributed by atoms with van der Waals surface area (Å²) in [6.45, 7) is 14.8. The molecule has 3 nitrogen and oxygen atoms in total. The van der Waals surface area contributed by atoms with E-state index in [0.717, 1.165) is 39.1 Å². The summed E-state index contributed by atoms with van der Waals surface area (Å²) >= 11 is 7.50. The molecule has 0 unspecified atom stereocenters. The second-order valence-electron chi connectivity index (χ2n) is 36.1. The first kappa shape index (κ1) is 89.1. The summed E-state index contributed by atoms with van der Waals surface area (Å²) in [7, 11) is 0. The van der Waals surface area contributed by atoms with Crippen LogP contribution in [0.4, 0.5) is 0 Å². The number of thiophene rings is 4. The van der Waals surface area contributed by atoms with Crippen LogP contribution in [0.3, 0.4) is 0 Å².